The molecule has 0 amide bonds. The van der Waals surface area contributed by atoms with Crippen molar-refractivity contribution in [2.24, 2.45) is 29.1 Å². The van der Waals surface area contributed by atoms with Crippen LogP contribution in [0.25, 0.3) is 0 Å². The number of carbonyl (C=O) groups excluding carboxylic acids is 2. The van der Waals surface area contributed by atoms with Crippen LogP contribution in [0.3, 0.4) is 0 Å². The maximum Gasteiger partial charge on any atom is 0.139 e. The summed E-state index contributed by atoms with van der Waals surface area (Å²) < 4.78 is 0. The van der Waals surface area contributed by atoms with E-state index in [1.807, 2.05) is 0 Å². The molecule has 0 aliphatic heterocycles. The van der Waals surface area contributed by atoms with E-state index in [4.69, 9.17) is 0 Å². The summed E-state index contributed by atoms with van der Waals surface area (Å²) in [7, 11) is 0. The van der Waals surface area contributed by atoms with Crippen molar-refractivity contribution >= 4 is 11.8 Å². The average molecular weight is 237 g/mol. The molecular weight excluding hydrogens is 216 g/mol. The average Bonchev–Trinajstić information content (AvgIpc) is 2.14. The van der Waals surface area contributed by atoms with Crippen molar-refractivity contribution in [2.45, 2.75) is 46.5 Å². The summed E-state index contributed by atoms with van der Waals surface area (Å²) in [6, 6.07) is 0. The highest BCUT2D eigenvalue weighted by atomic mass is 16.4. The number of carboxylic acids is 1. The Morgan fingerprint density at radius 1 is 1.24 bits per heavy atom. The zero-order chi connectivity index (χ0) is 12.8. The number of rotatable bonds is 1. The minimum atomic E-state index is -0.970. The Bertz CT molecular complexity index is 340. The van der Waals surface area contributed by atoms with Crippen molar-refractivity contribution in [1.29, 1.82) is 0 Å². The molecule has 2 aliphatic rings. The van der Waals surface area contributed by atoms with Crippen LogP contribution in [0.1, 0.15) is 46.5 Å². The maximum atomic E-state index is 12.2. The minimum Gasteiger partial charge on any atom is -0.550 e. The number of hydrogen-bond donors (Lipinski definition) is 0. The van der Waals surface area contributed by atoms with Crippen molar-refractivity contribution in [2.75, 3.05) is 0 Å². The van der Waals surface area contributed by atoms with E-state index in [0.29, 0.717) is 24.5 Å². The third kappa shape index (κ3) is 2.24. The molecule has 2 aliphatic carbocycles. The molecule has 0 heterocycles. The molecule has 0 N–H and O–H groups in total. The molecule has 96 valence electrons. The van der Waals surface area contributed by atoms with Crippen LogP contribution in [0.2, 0.25) is 0 Å². The molecule has 4 atom stereocenters. The largest absolute Gasteiger partial charge is 0.550 e. The highest BCUT2D eigenvalue weighted by Crippen LogP contribution is 2.49. The molecule has 17 heavy (non-hydrogen) atoms. The number of carbonyl (C=O) groups is 2. The summed E-state index contributed by atoms with van der Waals surface area (Å²) in [5.74, 6) is -0.808. The van der Waals surface area contributed by atoms with E-state index in [1.54, 1.807) is 0 Å². The SMILES string of the molecule is CC(C)(C)[C@H]1CC[C@@H]2C[C@H](C(=O)[O-])C[C@@H]1C2=O. The Hall–Kier alpha value is -0.860. The lowest BCUT2D eigenvalue weighted by molar-refractivity contribution is -0.313. The van der Waals surface area contributed by atoms with Gasteiger partial charge in [-0.1, -0.05) is 20.8 Å². The summed E-state index contributed by atoms with van der Waals surface area (Å²) in [5.41, 5.74) is 0.0825. The van der Waals surface area contributed by atoms with Crippen molar-refractivity contribution in [1.82, 2.24) is 0 Å². The number of fused-ring (bicyclic) bond motifs is 2. The van der Waals surface area contributed by atoms with Crippen LogP contribution in [0, 0.1) is 29.1 Å². The van der Waals surface area contributed by atoms with Gasteiger partial charge in [-0.15, -0.1) is 0 Å². The van der Waals surface area contributed by atoms with Crippen LogP contribution in [-0.2, 0) is 9.59 Å². The summed E-state index contributed by atoms with van der Waals surface area (Å²) in [5, 5.41) is 11.0. The molecule has 3 nitrogen and oxygen atoms in total. The fraction of sp³-hybridized carbons (Fsp3) is 0.857. The van der Waals surface area contributed by atoms with Gasteiger partial charge in [0, 0.05) is 17.8 Å². The van der Waals surface area contributed by atoms with Crippen LogP contribution in [0.4, 0.5) is 0 Å². The summed E-state index contributed by atoms with van der Waals surface area (Å²) in [4.78, 5) is 23.2. The van der Waals surface area contributed by atoms with Gasteiger partial charge in [0.25, 0.3) is 0 Å². The molecule has 3 heteroatoms. The zero-order valence-corrected chi connectivity index (χ0v) is 10.9. The molecule has 2 rings (SSSR count). The van der Waals surface area contributed by atoms with Gasteiger partial charge in [-0.3, -0.25) is 4.79 Å². The van der Waals surface area contributed by atoms with Gasteiger partial charge in [-0.2, -0.15) is 0 Å². The molecule has 2 fully saturated rings. The number of carboxylic acid groups (broad SMARTS) is 1. The van der Waals surface area contributed by atoms with E-state index in [-0.39, 0.29) is 17.3 Å². The number of ketones is 1. The van der Waals surface area contributed by atoms with Crippen molar-refractivity contribution in [3.05, 3.63) is 0 Å². The Labute approximate surface area is 103 Å². The second-order valence-electron chi connectivity index (χ2n) is 6.74. The van der Waals surface area contributed by atoms with Gasteiger partial charge in [0.15, 0.2) is 0 Å². The van der Waals surface area contributed by atoms with Crippen molar-refractivity contribution < 1.29 is 14.7 Å². The first-order valence-corrected chi connectivity index (χ1v) is 6.55. The van der Waals surface area contributed by atoms with Crippen LogP contribution in [0.5, 0.6) is 0 Å². The van der Waals surface area contributed by atoms with Gasteiger partial charge in [0.1, 0.15) is 5.78 Å². The highest BCUT2D eigenvalue weighted by Gasteiger charge is 2.47. The van der Waals surface area contributed by atoms with Gasteiger partial charge >= 0.3 is 0 Å². The number of hydrogen-bond acceptors (Lipinski definition) is 3. The fourth-order valence-corrected chi connectivity index (χ4v) is 3.71. The smallest absolute Gasteiger partial charge is 0.139 e. The van der Waals surface area contributed by atoms with Crippen LogP contribution in [0.15, 0.2) is 0 Å². The fourth-order valence-electron chi connectivity index (χ4n) is 3.71. The van der Waals surface area contributed by atoms with E-state index >= 15 is 0 Å². The molecule has 2 bridgehead atoms. The second kappa shape index (κ2) is 4.11. The van der Waals surface area contributed by atoms with E-state index in [2.05, 4.69) is 20.8 Å². The molecule has 0 saturated heterocycles. The van der Waals surface area contributed by atoms with E-state index in [0.717, 1.165) is 12.8 Å². The van der Waals surface area contributed by atoms with Gasteiger partial charge in [0.05, 0.1) is 0 Å². The lowest BCUT2D eigenvalue weighted by Gasteiger charge is -2.47. The quantitative estimate of drug-likeness (QED) is 0.692. The third-order valence-electron chi connectivity index (χ3n) is 4.63. The van der Waals surface area contributed by atoms with Crippen molar-refractivity contribution in [3.8, 4) is 0 Å². The molecule has 2 saturated carbocycles. The van der Waals surface area contributed by atoms with E-state index < -0.39 is 11.9 Å². The van der Waals surface area contributed by atoms with E-state index in [9.17, 15) is 14.7 Å². The van der Waals surface area contributed by atoms with Crippen molar-refractivity contribution in [3.63, 3.8) is 0 Å². The molecule has 0 unspecified atom stereocenters. The molecule has 0 spiro atoms. The van der Waals surface area contributed by atoms with Crippen LogP contribution >= 0.6 is 0 Å². The van der Waals surface area contributed by atoms with Gasteiger partial charge in [-0.05, 0) is 42.9 Å². The summed E-state index contributed by atoms with van der Waals surface area (Å²) in [6.45, 7) is 6.44. The number of Topliss-reactive ketones (excluding diaryl/α,β-unsaturated/α-hetero) is 1. The van der Waals surface area contributed by atoms with E-state index in [1.165, 1.54) is 0 Å². The standard InChI is InChI=1S/C14H22O3/c1-14(2,3)11-5-4-8-6-9(13(16)17)7-10(11)12(8)15/h8-11H,4-7H2,1-3H3,(H,16,17)/p-1/t8-,9+,10+,11+/m1/s1. The van der Waals surface area contributed by atoms with Crippen LogP contribution in [-0.4, -0.2) is 11.8 Å². The Morgan fingerprint density at radius 3 is 2.41 bits per heavy atom. The van der Waals surface area contributed by atoms with Gasteiger partial charge in [0.2, 0.25) is 0 Å². The Kier molecular flexibility index (Phi) is 3.04. The van der Waals surface area contributed by atoms with Gasteiger partial charge in [-0.25, -0.2) is 0 Å². The monoisotopic (exact) mass is 237 g/mol. The third-order valence-corrected chi connectivity index (χ3v) is 4.63. The van der Waals surface area contributed by atoms with Crippen LogP contribution < -0.4 is 5.11 Å². The maximum absolute atomic E-state index is 12.2. The topological polar surface area (TPSA) is 57.2 Å². The Morgan fingerprint density at radius 2 is 1.88 bits per heavy atom. The Balaban J connectivity index is 2.22. The molecule has 0 aromatic rings. The molecule has 0 aromatic carbocycles. The first-order chi connectivity index (χ1) is 7.80. The second-order valence-corrected chi connectivity index (χ2v) is 6.74. The predicted octanol–water partition coefficient (Wildman–Crippen LogP) is 1.40. The first-order valence-electron chi connectivity index (χ1n) is 6.55. The van der Waals surface area contributed by atoms with Gasteiger partial charge < -0.3 is 9.90 Å². The summed E-state index contributed by atoms with van der Waals surface area (Å²) in [6.07, 6.45) is 2.93. The highest BCUT2D eigenvalue weighted by molar-refractivity contribution is 5.87. The molecule has 0 radical (unpaired) electrons. The zero-order valence-electron chi connectivity index (χ0n) is 10.9. The lowest BCUT2D eigenvalue weighted by Crippen LogP contribution is -2.49. The minimum absolute atomic E-state index is 0.0183. The normalized spacial score (nSPS) is 37.9. The number of aliphatic carboxylic acids is 1. The molecular formula is C14H21O3-. The summed E-state index contributed by atoms with van der Waals surface area (Å²) >= 11 is 0. The predicted molar refractivity (Wildman–Crippen MR) is 61.9 cm³/mol. The first kappa shape index (κ1) is 12.6. The molecule has 0 aromatic heterocycles. The lowest BCUT2D eigenvalue weighted by atomic mass is 9.57.